The fourth-order valence-electron chi connectivity index (χ4n) is 2.69. The number of rotatable bonds is 11. The number of quaternary nitrogens is 1. The molecule has 0 bridgehead atoms. The summed E-state index contributed by atoms with van der Waals surface area (Å²) in [6, 6.07) is 11.5. The highest BCUT2D eigenvalue weighted by atomic mass is 35.5. The fraction of sp³-hybridized carbons (Fsp3) is 0.286. The van der Waals surface area contributed by atoms with Gasteiger partial charge in [0, 0.05) is 43.2 Å². The van der Waals surface area contributed by atoms with Crippen LogP contribution in [0.1, 0.15) is 32.6 Å². The minimum Gasteiger partial charge on any atom is -0.595 e. The number of ketones is 1. The van der Waals surface area contributed by atoms with Gasteiger partial charge in [0.05, 0.1) is 0 Å². The Morgan fingerprint density at radius 1 is 1.06 bits per heavy atom. The van der Waals surface area contributed by atoms with Gasteiger partial charge in [-0.2, -0.15) is 14.9 Å². The summed E-state index contributed by atoms with van der Waals surface area (Å²) in [6.45, 7) is 1.92. The first-order chi connectivity index (χ1) is 14.9. The van der Waals surface area contributed by atoms with E-state index in [1.54, 1.807) is 29.1 Å². The Labute approximate surface area is 191 Å². The molecule has 4 N–H and O–H groups in total. The number of hydrogen-bond acceptors (Lipinski definition) is 6. The smallest absolute Gasteiger partial charge is 0.305 e. The molecule has 1 heterocycles. The number of hydrogen-bond donors (Lipinski definition) is 4. The molecule has 0 aliphatic carbocycles. The number of amides is 2. The highest BCUT2D eigenvalue weighted by molar-refractivity contribution is 6.03. The van der Waals surface area contributed by atoms with Crippen LogP contribution in [0.3, 0.4) is 0 Å². The first-order valence-corrected chi connectivity index (χ1v) is 9.81. The maximum Gasteiger partial charge on any atom is 0.305 e. The van der Waals surface area contributed by atoms with E-state index in [1.807, 2.05) is 25.1 Å². The molecule has 1 aromatic heterocycles. The van der Waals surface area contributed by atoms with Crippen molar-refractivity contribution >= 4 is 47.1 Å². The number of para-hydroxylation sites is 2. The average Bonchev–Trinajstić information content (AvgIpc) is 2.76. The van der Waals surface area contributed by atoms with Crippen molar-refractivity contribution < 1.29 is 29.4 Å². The van der Waals surface area contributed by atoms with Crippen LogP contribution < -0.4 is 20.5 Å². The predicted octanol–water partition coefficient (Wildman–Crippen LogP) is 1.06. The molecule has 0 saturated heterocycles. The number of Topliss-reactive ketones (excluding diaryl/α,β-unsaturated/α-hetero) is 1. The zero-order valence-corrected chi connectivity index (χ0v) is 18.4. The third-order valence-electron chi connectivity index (χ3n) is 4.31. The number of anilines is 1. The van der Waals surface area contributed by atoms with Crippen LogP contribution in [0.25, 0.3) is 0 Å². The Morgan fingerprint density at radius 2 is 1.75 bits per heavy atom. The number of pyridine rings is 1. The van der Waals surface area contributed by atoms with Gasteiger partial charge >= 0.3 is 5.91 Å². The fourth-order valence-corrected chi connectivity index (χ4v) is 2.69. The number of carbonyl (C=O) groups excluding carboxylic acids is 3. The van der Waals surface area contributed by atoms with Gasteiger partial charge in [-0.3, -0.25) is 14.4 Å². The quantitative estimate of drug-likeness (QED) is 0.224. The summed E-state index contributed by atoms with van der Waals surface area (Å²) in [7, 11) is 0. The molecule has 0 fully saturated rings. The Morgan fingerprint density at radius 3 is 2.41 bits per heavy atom. The number of hydrazone groups is 1. The van der Waals surface area contributed by atoms with Crippen molar-refractivity contribution in [3.63, 3.8) is 0 Å². The molecule has 0 saturated carbocycles. The molecule has 2 rings (SSSR count). The SMILES string of the molecule is CC/C(CC(=O)CCC(=O)Nc1ccccc1[NH+]([O-])O)=N\NC(=O)C[n+]1ccccc1.Cl. The molecule has 1 unspecified atom stereocenters. The third kappa shape index (κ3) is 9.31. The van der Waals surface area contributed by atoms with Gasteiger partial charge in [0.2, 0.25) is 12.5 Å². The van der Waals surface area contributed by atoms with Crippen molar-refractivity contribution in [2.75, 3.05) is 5.32 Å². The number of aromatic nitrogens is 1. The van der Waals surface area contributed by atoms with E-state index in [0.29, 0.717) is 12.1 Å². The molecule has 0 aliphatic heterocycles. The van der Waals surface area contributed by atoms with E-state index in [2.05, 4.69) is 15.8 Å². The number of nitrogens with zero attached hydrogens (tertiary/aromatic N) is 2. The number of halogens is 1. The van der Waals surface area contributed by atoms with Crippen molar-refractivity contribution in [1.29, 1.82) is 0 Å². The van der Waals surface area contributed by atoms with Gasteiger partial charge in [0.25, 0.3) is 0 Å². The van der Waals surface area contributed by atoms with Crippen molar-refractivity contribution in [3.8, 4) is 0 Å². The molecule has 0 spiro atoms. The predicted molar refractivity (Wildman–Crippen MR) is 119 cm³/mol. The van der Waals surface area contributed by atoms with E-state index in [9.17, 15) is 19.6 Å². The van der Waals surface area contributed by atoms with Crippen molar-refractivity contribution in [2.24, 2.45) is 5.10 Å². The van der Waals surface area contributed by atoms with Crippen LogP contribution in [0.15, 0.2) is 60.0 Å². The van der Waals surface area contributed by atoms with Crippen molar-refractivity contribution in [3.05, 3.63) is 60.1 Å². The summed E-state index contributed by atoms with van der Waals surface area (Å²) in [5.74, 6) is -0.967. The highest BCUT2D eigenvalue weighted by Gasteiger charge is 2.14. The largest absolute Gasteiger partial charge is 0.595 e. The molecule has 11 heteroatoms. The van der Waals surface area contributed by atoms with E-state index in [4.69, 9.17) is 5.21 Å². The lowest BCUT2D eigenvalue weighted by molar-refractivity contribution is -0.990. The molecular weight excluding hydrogens is 438 g/mol. The van der Waals surface area contributed by atoms with Gasteiger partial charge in [0.1, 0.15) is 11.5 Å². The van der Waals surface area contributed by atoms with Crippen LogP contribution in [0, 0.1) is 5.21 Å². The molecule has 32 heavy (non-hydrogen) atoms. The van der Waals surface area contributed by atoms with Crippen LogP contribution in [0.4, 0.5) is 11.4 Å². The molecule has 0 aliphatic rings. The summed E-state index contributed by atoms with van der Waals surface area (Å²) < 4.78 is 1.70. The van der Waals surface area contributed by atoms with E-state index in [-0.39, 0.29) is 61.3 Å². The van der Waals surface area contributed by atoms with Gasteiger partial charge < -0.3 is 10.5 Å². The van der Waals surface area contributed by atoms with Crippen LogP contribution >= 0.6 is 12.4 Å². The minimum absolute atomic E-state index is 0. The van der Waals surface area contributed by atoms with Gasteiger partial charge in [-0.05, 0) is 12.5 Å². The Kier molecular flexibility index (Phi) is 11.7. The Hall–Kier alpha value is -3.18. The monoisotopic (exact) mass is 464 g/mol. The molecule has 172 valence electrons. The van der Waals surface area contributed by atoms with E-state index < -0.39 is 11.1 Å². The summed E-state index contributed by atoms with van der Waals surface area (Å²) in [5, 5.41) is 25.7. The Balaban J connectivity index is 0.00000512. The molecule has 2 aromatic rings. The maximum absolute atomic E-state index is 12.2. The van der Waals surface area contributed by atoms with Crippen molar-refractivity contribution in [2.45, 2.75) is 39.2 Å². The van der Waals surface area contributed by atoms with E-state index in [0.717, 1.165) is 0 Å². The van der Waals surface area contributed by atoms with Gasteiger partial charge in [-0.1, -0.05) is 25.1 Å². The second kappa shape index (κ2) is 14.0. The van der Waals surface area contributed by atoms with Crippen LogP contribution in [-0.2, 0) is 20.9 Å². The normalized spacial score (nSPS) is 11.8. The maximum atomic E-state index is 12.2. The topological polar surface area (TPSA) is 139 Å². The standard InChI is InChI=1S/C21H25N5O5.ClH/c1-2-16(23-24-21(29)15-25-12-6-3-7-13-25)14-17(27)10-11-20(28)22-18-8-4-5-9-19(18)26(30)31;/h3-9,12-13,26,30H,2,10-11,14-15H2,1H3,(H-,22,24,28,29);1H/p+1/b23-16+;. The number of carbonyl (C=O) groups is 3. The summed E-state index contributed by atoms with van der Waals surface area (Å²) in [6.07, 6.45) is 3.91. The van der Waals surface area contributed by atoms with Crippen LogP contribution in [0.2, 0.25) is 0 Å². The van der Waals surface area contributed by atoms with E-state index in [1.165, 1.54) is 12.1 Å². The van der Waals surface area contributed by atoms with Crippen molar-refractivity contribution in [1.82, 2.24) is 5.43 Å². The Bertz CT molecular complexity index is 937. The van der Waals surface area contributed by atoms with E-state index >= 15 is 0 Å². The molecule has 1 aromatic carbocycles. The molecule has 10 nitrogen and oxygen atoms in total. The molecular formula is C21H27ClN5O5+. The minimum atomic E-state index is -1.15. The summed E-state index contributed by atoms with van der Waals surface area (Å²) >= 11 is 0. The molecule has 1 atom stereocenters. The molecule has 0 radical (unpaired) electrons. The second-order valence-electron chi connectivity index (χ2n) is 6.73. The summed E-state index contributed by atoms with van der Waals surface area (Å²) in [4.78, 5) is 36.3. The first-order valence-electron chi connectivity index (χ1n) is 9.81. The van der Waals surface area contributed by atoms with Crippen LogP contribution in [-0.4, -0.2) is 28.5 Å². The zero-order chi connectivity index (χ0) is 22.6. The van der Waals surface area contributed by atoms with Gasteiger partial charge in [-0.15, -0.1) is 12.4 Å². The lowest BCUT2D eigenvalue weighted by Crippen LogP contribution is -2.99. The highest BCUT2D eigenvalue weighted by Crippen LogP contribution is 2.17. The second-order valence-corrected chi connectivity index (χ2v) is 6.73. The summed E-state index contributed by atoms with van der Waals surface area (Å²) in [5.41, 5.74) is 3.11. The number of nitrogens with one attached hydrogen (secondary N) is 3. The first kappa shape index (κ1) is 26.9. The lowest BCUT2D eigenvalue weighted by Gasteiger charge is -2.15. The zero-order valence-electron chi connectivity index (χ0n) is 17.6. The molecule has 2 amide bonds. The van der Waals surface area contributed by atoms with Gasteiger partial charge in [-0.25, -0.2) is 10.6 Å². The van der Waals surface area contributed by atoms with Crippen LogP contribution in [0.5, 0.6) is 0 Å². The van der Waals surface area contributed by atoms with Gasteiger partial charge in [0.15, 0.2) is 18.1 Å². The lowest BCUT2D eigenvalue weighted by atomic mass is 10.1. The average molecular weight is 465 g/mol. The third-order valence-corrected chi connectivity index (χ3v) is 4.31. The number of benzene rings is 1.